The maximum atomic E-state index is 12.8. The molecule has 1 amide bonds. The molecule has 1 N–H and O–H groups in total. The van der Waals surface area contributed by atoms with Crippen LogP contribution in [0.15, 0.2) is 42.6 Å². The molecule has 3 heterocycles. The number of carbonyl (C=O) groups excluding carboxylic acids is 1. The Morgan fingerprint density at radius 2 is 1.77 bits per heavy atom. The van der Waals surface area contributed by atoms with Gasteiger partial charge in [-0.15, -0.1) is 0 Å². The zero-order chi connectivity index (χ0) is 22.1. The molecule has 7 nitrogen and oxygen atoms in total. The van der Waals surface area contributed by atoms with Gasteiger partial charge in [0.05, 0.1) is 10.6 Å². The van der Waals surface area contributed by atoms with Crippen LogP contribution in [0.4, 0.5) is 0 Å². The summed E-state index contributed by atoms with van der Waals surface area (Å²) >= 11 is 12.1. The number of hydrogen-bond donors (Lipinski definition) is 1. The van der Waals surface area contributed by atoms with E-state index in [9.17, 15) is 13.2 Å². The Bertz CT molecular complexity index is 1050. The molecule has 166 valence electrons. The summed E-state index contributed by atoms with van der Waals surface area (Å²) in [5, 5.41) is 3.73. The van der Waals surface area contributed by atoms with E-state index in [0.717, 1.165) is 12.1 Å². The molecule has 31 heavy (non-hydrogen) atoms. The minimum Gasteiger partial charge on any atom is -0.351 e. The van der Waals surface area contributed by atoms with Crippen molar-refractivity contribution in [2.75, 3.05) is 32.7 Å². The molecule has 10 heteroatoms. The molecule has 2 aliphatic heterocycles. The summed E-state index contributed by atoms with van der Waals surface area (Å²) in [6.07, 6.45) is 3.75. The van der Waals surface area contributed by atoms with E-state index in [0.29, 0.717) is 56.2 Å². The van der Waals surface area contributed by atoms with Crippen molar-refractivity contribution in [2.45, 2.75) is 24.7 Å². The molecule has 0 saturated carbocycles. The standard InChI is InChI=1S/C21H24Cl2N4O3S/c22-16-5-6-17(18(23)14-16)20(28)25-15-21(19-4-1-2-9-24-19)7-12-27(13-8-21)31(29,30)26-10-3-11-26/h1-2,4-6,9,14H,3,7-8,10-13,15H2,(H,25,28). The van der Waals surface area contributed by atoms with Crippen LogP contribution in [-0.2, 0) is 15.6 Å². The maximum absolute atomic E-state index is 12.8. The van der Waals surface area contributed by atoms with Gasteiger partial charge < -0.3 is 5.32 Å². The smallest absolute Gasteiger partial charge is 0.281 e. The van der Waals surface area contributed by atoms with Gasteiger partial charge in [-0.2, -0.15) is 17.0 Å². The van der Waals surface area contributed by atoms with Crippen molar-refractivity contribution >= 4 is 39.3 Å². The minimum absolute atomic E-state index is 0.285. The third-order valence-electron chi connectivity index (χ3n) is 6.12. The molecule has 0 atom stereocenters. The van der Waals surface area contributed by atoms with E-state index in [1.165, 1.54) is 10.4 Å². The quantitative estimate of drug-likeness (QED) is 0.685. The van der Waals surface area contributed by atoms with Crippen molar-refractivity contribution in [3.8, 4) is 0 Å². The molecule has 0 unspecified atom stereocenters. The van der Waals surface area contributed by atoms with E-state index in [-0.39, 0.29) is 10.9 Å². The van der Waals surface area contributed by atoms with Gasteiger partial charge in [-0.05, 0) is 49.6 Å². The fourth-order valence-corrected chi connectivity index (χ4v) is 6.23. The Kier molecular flexibility index (Phi) is 6.55. The number of nitrogens with one attached hydrogen (secondary N) is 1. The van der Waals surface area contributed by atoms with Crippen LogP contribution < -0.4 is 5.32 Å². The number of halogens is 2. The number of piperidine rings is 1. The zero-order valence-corrected chi connectivity index (χ0v) is 19.3. The van der Waals surface area contributed by atoms with Gasteiger partial charge in [0.2, 0.25) is 0 Å². The van der Waals surface area contributed by atoms with Gasteiger partial charge in [0.15, 0.2) is 0 Å². The second-order valence-electron chi connectivity index (χ2n) is 7.96. The highest BCUT2D eigenvalue weighted by Crippen LogP contribution is 2.36. The van der Waals surface area contributed by atoms with Gasteiger partial charge in [0, 0.05) is 55.1 Å². The van der Waals surface area contributed by atoms with Crippen LogP contribution in [0.2, 0.25) is 10.0 Å². The van der Waals surface area contributed by atoms with Crippen molar-refractivity contribution in [3.05, 3.63) is 63.9 Å². The lowest BCUT2D eigenvalue weighted by atomic mass is 9.75. The number of hydrogen-bond acceptors (Lipinski definition) is 4. The Labute approximate surface area is 192 Å². The average molecular weight is 483 g/mol. The van der Waals surface area contributed by atoms with Crippen LogP contribution in [0.5, 0.6) is 0 Å². The number of carbonyl (C=O) groups is 1. The first-order valence-electron chi connectivity index (χ1n) is 10.2. The molecule has 0 spiro atoms. The third-order valence-corrected chi connectivity index (χ3v) is 8.70. The van der Waals surface area contributed by atoms with E-state index in [4.69, 9.17) is 23.2 Å². The molecule has 2 fully saturated rings. The summed E-state index contributed by atoms with van der Waals surface area (Å²) in [5.41, 5.74) is 0.732. The molecule has 4 rings (SSSR count). The highest BCUT2D eigenvalue weighted by Gasteiger charge is 2.43. The van der Waals surface area contributed by atoms with Crippen molar-refractivity contribution in [1.29, 1.82) is 0 Å². The van der Waals surface area contributed by atoms with Crippen LogP contribution in [0.3, 0.4) is 0 Å². The lowest BCUT2D eigenvalue weighted by molar-refractivity contribution is 0.0931. The average Bonchev–Trinajstić information content (AvgIpc) is 2.71. The minimum atomic E-state index is -3.41. The Morgan fingerprint density at radius 3 is 2.35 bits per heavy atom. The first kappa shape index (κ1) is 22.5. The largest absolute Gasteiger partial charge is 0.351 e. The van der Waals surface area contributed by atoms with E-state index >= 15 is 0 Å². The third kappa shape index (κ3) is 4.59. The number of amides is 1. The number of nitrogens with zero attached hydrogens (tertiary/aromatic N) is 3. The lowest BCUT2D eigenvalue weighted by Gasteiger charge is -2.43. The Morgan fingerprint density at radius 1 is 1.06 bits per heavy atom. The van der Waals surface area contributed by atoms with Gasteiger partial charge in [-0.3, -0.25) is 9.78 Å². The SMILES string of the molecule is O=C(NCC1(c2ccccn2)CCN(S(=O)(=O)N2CCC2)CC1)c1ccc(Cl)cc1Cl. The highest BCUT2D eigenvalue weighted by molar-refractivity contribution is 7.86. The molecular weight excluding hydrogens is 459 g/mol. The van der Waals surface area contributed by atoms with Crippen molar-refractivity contribution in [2.24, 2.45) is 0 Å². The molecule has 1 aromatic carbocycles. The van der Waals surface area contributed by atoms with Gasteiger partial charge in [0.25, 0.3) is 16.1 Å². The van der Waals surface area contributed by atoms with Crippen LogP contribution >= 0.6 is 23.2 Å². The number of benzene rings is 1. The fraction of sp³-hybridized carbons (Fsp3) is 0.429. The lowest BCUT2D eigenvalue weighted by Crippen LogP contribution is -2.55. The Balaban J connectivity index is 1.51. The normalized spacial score (nSPS) is 19.5. The summed E-state index contributed by atoms with van der Waals surface area (Å²) in [5.74, 6) is -0.299. The molecule has 0 aliphatic carbocycles. The summed E-state index contributed by atoms with van der Waals surface area (Å²) in [7, 11) is -3.41. The highest BCUT2D eigenvalue weighted by atomic mass is 35.5. The summed E-state index contributed by atoms with van der Waals surface area (Å²) in [6, 6.07) is 10.4. The van der Waals surface area contributed by atoms with Gasteiger partial charge in [-0.1, -0.05) is 29.3 Å². The first-order chi connectivity index (χ1) is 14.8. The van der Waals surface area contributed by atoms with Gasteiger partial charge >= 0.3 is 0 Å². The molecule has 2 aromatic rings. The van der Waals surface area contributed by atoms with Crippen LogP contribution in [0.1, 0.15) is 35.3 Å². The van der Waals surface area contributed by atoms with E-state index in [2.05, 4.69) is 10.3 Å². The van der Waals surface area contributed by atoms with Crippen molar-refractivity contribution < 1.29 is 13.2 Å². The number of aromatic nitrogens is 1. The van der Waals surface area contributed by atoms with Crippen molar-refractivity contribution in [1.82, 2.24) is 18.9 Å². The summed E-state index contributed by atoms with van der Waals surface area (Å²) < 4.78 is 28.6. The van der Waals surface area contributed by atoms with Crippen LogP contribution in [0.25, 0.3) is 0 Å². The molecule has 0 bridgehead atoms. The Hall–Kier alpha value is -1.71. The monoisotopic (exact) mass is 482 g/mol. The predicted molar refractivity (Wildman–Crippen MR) is 121 cm³/mol. The van der Waals surface area contributed by atoms with E-state index in [1.807, 2.05) is 18.2 Å². The van der Waals surface area contributed by atoms with Crippen molar-refractivity contribution in [3.63, 3.8) is 0 Å². The topological polar surface area (TPSA) is 82.6 Å². The zero-order valence-electron chi connectivity index (χ0n) is 16.9. The summed E-state index contributed by atoms with van der Waals surface area (Å²) in [6.45, 7) is 2.27. The molecule has 0 radical (unpaired) electrons. The van der Waals surface area contributed by atoms with E-state index < -0.39 is 15.6 Å². The number of rotatable bonds is 6. The summed E-state index contributed by atoms with van der Waals surface area (Å²) in [4.78, 5) is 17.3. The predicted octanol–water partition coefficient (Wildman–Crippen LogP) is 3.10. The second kappa shape index (κ2) is 9.03. The molecule has 2 aliphatic rings. The van der Waals surface area contributed by atoms with Gasteiger partial charge in [-0.25, -0.2) is 0 Å². The van der Waals surface area contributed by atoms with Crippen LogP contribution in [-0.4, -0.2) is 60.6 Å². The molecule has 1 aromatic heterocycles. The van der Waals surface area contributed by atoms with E-state index in [1.54, 1.807) is 22.6 Å². The maximum Gasteiger partial charge on any atom is 0.281 e. The fourth-order valence-electron chi connectivity index (χ4n) is 4.04. The molecule has 2 saturated heterocycles. The van der Waals surface area contributed by atoms with Crippen LogP contribution in [0, 0.1) is 0 Å². The second-order valence-corrected chi connectivity index (χ2v) is 10.7. The van der Waals surface area contributed by atoms with Gasteiger partial charge in [0.1, 0.15) is 0 Å². The number of pyridine rings is 1. The first-order valence-corrected chi connectivity index (χ1v) is 12.4. The molecular formula is C21H24Cl2N4O3S.